The highest BCUT2D eigenvalue weighted by Gasteiger charge is 2.33. The van der Waals surface area contributed by atoms with E-state index in [9.17, 15) is 13.2 Å². The van der Waals surface area contributed by atoms with E-state index in [1.807, 2.05) is 67.6 Å². The highest BCUT2D eigenvalue weighted by molar-refractivity contribution is 7.89. The highest BCUT2D eigenvalue weighted by atomic mass is 32.2. The zero-order valence-corrected chi connectivity index (χ0v) is 22.9. The summed E-state index contributed by atoms with van der Waals surface area (Å²) in [5, 5.41) is 1.95. The molecule has 39 heavy (non-hydrogen) atoms. The first-order valence-electron chi connectivity index (χ1n) is 13.3. The monoisotopic (exact) mass is 539 g/mol. The summed E-state index contributed by atoms with van der Waals surface area (Å²) < 4.78 is 35.7. The molecule has 0 amide bonds. The van der Waals surface area contributed by atoms with Crippen LogP contribution in [0.15, 0.2) is 114 Å². The Morgan fingerprint density at radius 2 is 1.54 bits per heavy atom. The molecule has 4 aromatic rings. The maximum atomic E-state index is 13.6. The van der Waals surface area contributed by atoms with Crippen molar-refractivity contribution in [1.29, 1.82) is 0 Å². The first kappa shape index (κ1) is 26.9. The summed E-state index contributed by atoms with van der Waals surface area (Å²) >= 11 is 0. The maximum Gasteiger partial charge on any atom is 0.335 e. The third-order valence-electron chi connectivity index (χ3n) is 7.51. The van der Waals surface area contributed by atoms with Crippen molar-refractivity contribution >= 4 is 26.8 Å². The molecule has 0 unspecified atom stereocenters. The van der Waals surface area contributed by atoms with Crippen LogP contribution in [-0.4, -0.2) is 20.5 Å². The average molecular weight is 540 g/mol. The molecular weight excluding hydrogens is 506 g/mol. The summed E-state index contributed by atoms with van der Waals surface area (Å²) in [6.45, 7) is 5.96. The maximum absolute atomic E-state index is 13.6. The van der Waals surface area contributed by atoms with E-state index in [1.165, 1.54) is 0 Å². The standard InChI is InChI=1S/C33H33NO4S/c1-23-16-20-29(21-17-23)39(36,37)34-32(28-19-18-25-10-6-7-13-27(25)22-28)24(2)33(35)38-31-15-9-8-14-30(31)26-11-4-3-5-12-26/h3-7,10-13,16-22,30-32,34H,2,8-9,14-15H2,1H3/t30-,31+,32+/m0/s1. The summed E-state index contributed by atoms with van der Waals surface area (Å²) in [6.07, 6.45) is 3.44. The van der Waals surface area contributed by atoms with Crippen LogP contribution in [0.5, 0.6) is 0 Å². The minimum Gasteiger partial charge on any atom is -0.458 e. The molecule has 1 N–H and O–H groups in total. The van der Waals surface area contributed by atoms with Gasteiger partial charge in [0.1, 0.15) is 6.10 Å². The molecule has 0 saturated heterocycles. The van der Waals surface area contributed by atoms with Crippen LogP contribution in [0, 0.1) is 6.92 Å². The van der Waals surface area contributed by atoms with E-state index >= 15 is 0 Å². The van der Waals surface area contributed by atoms with Gasteiger partial charge >= 0.3 is 5.97 Å². The summed E-state index contributed by atoms with van der Waals surface area (Å²) in [5.41, 5.74) is 2.77. The zero-order chi connectivity index (χ0) is 27.4. The molecule has 1 fully saturated rings. The molecule has 5 nitrogen and oxygen atoms in total. The second-order valence-corrected chi connectivity index (χ2v) is 12.0. The van der Waals surface area contributed by atoms with Gasteiger partial charge in [-0.2, -0.15) is 4.72 Å². The van der Waals surface area contributed by atoms with Crippen LogP contribution in [0.2, 0.25) is 0 Å². The number of benzene rings is 4. The molecule has 6 heteroatoms. The van der Waals surface area contributed by atoms with Crippen LogP contribution in [0.1, 0.15) is 54.3 Å². The van der Waals surface area contributed by atoms with Gasteiger partial charge in [-0.3, -0.25) is 0 Å². The zero-order valence-electron chi connectivity index (χ0n) is 22.0. The summed E-state index contributed by atoms with van der Waals surface area (Å²) in [4.78, 5) is 13.7. The Morgan fingerprint density at radius 3 is 2.28 bits per heavy atom. The smallest absolute Gasteiger partial charge is 0.335 e. The Hall–Kier alpha value is -3.74. The van der Waals surface area contributed by atoms with Crippen molar-refractivity contribution in [1.82, 2.24) is 4.72 Å². The molecule has 1 saturated carbocycles. The van der Waals surface area contributed by atoms with Gasteiger partial charge in [0.05, 0.1) is 16.5 Å². The van der Waals surface area contributed by atoms with Crippen LogP contribution < -0.4 is 4.72 Å². The molecule has 0 bridgehead atoms. The van der Waals surface area contributed by atoms with Crippen molar-refractivity contribution in [3.05, 3.63) is 126 Å². The largest absolute Gasteiger partial charge is 0.458 e. The van der Waals surface area contributed by atoms with Crippen molar-refractivity contribution < 1.29 is 17.9 Å². The van der Waals surface area contributed by atoms with Crippen LogP contribution in [-0.2, 0) is 19.6 Å². The average Bonchev–Trinajstić information content (AvgIpc) is 2.96. The summed E-state index contributed by atoms with van der Waals surface area (Å²) in [5.74, 6) is -0.493. The van der Waals surface area contributed by atoms with Crippen molar-refractivity contribution in [2.75, 3.05) is 0 Å². The lowest BCUT2D eigenvalue weighted by Crippen LogP contribution is -2.35. The predicted molar refractivity (Wildman–Crippen MR) is 155 cm³/mol. The third-order valence-corrected chi connectivity index (χ3v) is 8.95. The minimum atomic E-state index is -3.96. The number of hydrogen-bond acceptors (Lipinski definition) is 4. The molecule has 1 aliphatic rings. The van der Waals surface area contributed by atoms with E-state index in [0.29, 0.717) is 5.56 Å². The van der Waals surface area contributed by atoms with E-state index in [-0.39, 0.29) is 22.5 Å². The molecule has 0 heterocycles. The van der Waals surface area contributed by atoms with Gasteiger partial charge in [-0.05, 0) is 66.3 Å². The number of aryl methyl sites for hydroxylation is 1. The van der Waals surface area contributed by atoms with E-state index in [4.69, 9.17) is 4.74 Å². The number of hydrogen-bond donors (Lipinski definition) is 1. The molecule has 5 rings (SSSR count). The number of carbonyl (C=O) groups is 1. The number of nitrogens with one attached hydrogen (secondary N) is 1. The Morgan fingerprint density at radius 1 is 0.872 bits per heavy atom. The molecule has 0 spiro atoms. The number of fused-ring (bicyclic) bond motifs is 1. The van der Waals surface area contributed by atoms with Crippen LogP contribution in [0.4, 0.5) is 0 Å². The van der Waals surface area contributed by atoms with E-state index in [0.717, 1.165) is 47.6 Å². The van der Waals surface area contributed by atoms with Gasteiger partial charge in [-0.25, -0.2) is 13.2 Å². The lowest BCUT2D eigenvalue weighted by atomic mass is 9.81. The van der Waals surface area contributed by atoms with Gasteiger partial charge < -0.3 is 4.74 Å². The number of rotatable bonds is 8. The van der Waals surface area contributed by atoms with Gasteiger partial charge in [0.2, 0.25) is 10.0 Å². The number of ether oxygens (including phenoxy) is 1. The van der Waals surface area contributed by atoms with Crippen LogP contribution in [0.25, 0.3) is 10.8 Å². The molecule has 0 aliphatic heterocycles. The summed E-state index contributed by atoms with van der Waals surface area (Å²) in [7, 11) is -3.96. The quantitative estimate of drug-likeness (QED) is 0.193. The topological polar surface area (TPSA) is 72.5 Å². The number of esters is 1. The van der Waals surface area contributed by atoms with E-state index in [1.54, 1.807) is 24.3 Å². The van der Waals surface area contributed by atoms with Crippen LogP contribution >= 0.6 is 0 Å². The lowest BCUT2D eigenvalue weighted by molar-refractivity contribution is -0.147. The number of sulfonamides is 1. The Balaban J connectivity index is 1.45. The number of carbonyl (C=O) groups excluding carboxylic acids is 1. The Bertz CT molecular complexity index is 1580. The fourth-order valence-electron chi connectivity index (χ4n) is 5.32. The predicted octanol–water partition coefficient (Wildman–Crippen LogP) is 6.99. The molecule has 1 aliphatic carbocycles. The van der Waals surface area contributed by atoms with Crippen molar-refractivity contribution in [3.8, 4) is 0 Å². The van der Waals surface area contributed by atoms with Gasteiger partial charge in [0.15, 0.2) is 0 Å². The molecule has 0 aromatic heterocycles. The third kappa shape index (κ3) is 6.13. The van der Waals surface area contributed by atoms with Crippen molar-refractivity contribution in [2.24, 2.45) is 0 Å². The van der Waals surface area contributed by atoms with Gasteiger partial charge in [-0.15, -0.1) is 0 Å². The molecule has 0 radical (unpaired) electrons. The minimum absolute atomic E-state index is 0.0540. The normalized spacial score (nSPS) is 18.4. The second kappa shape index (κ2) is 11.6. The van der Waals surface area contributed by atoms with Gasteiger partial charge in [0, 0.05) is 5.92 Å². The lowest BCUT2D eigenvalue weighted by Gasteiger charge is -2.32. The van der Waals surface area contributed by atoms with Crippen molar-refractivity contribution in [3.63, 3.8) is 0 Å². The van der Waals surface area contributed by atoms with Crippen LogP contribution in [0.3, 0.4) is 0 Å². The van der Waals surface area contributed by atoms with Gasteiger partial charge in [-0.1, -0.05) is 97.4 Å². The SMILES string of the molecule is C=C(C(=O)O[C@@H]1CCCC[C@H]1c1ccccc1)[C@@H](NS(=O)(=O)c1ccc(C)cc1)c1ccc2ccccc2c1. The van der Waals surface area contributed by atoms with E-state index in [2.05, 4.69) is 23.4 Å². The Kier molecular flexibility index (Phi) is 7.96. The fourth-order valence-corrected chi connectivity index (χ4v) is 6.54. The molecular formula is C33H33NO4S. The first-order chi connectivity index (χ1) is 18.8. The fraction of sp³-hybridized carbons (Fsp3) is 0.242. The molecule has 3 atom stereocenters. The first-order valence-corrected chi connectivity index (χ1v) is 14.8. The summed E-state index contributed by atoms with van der Waals surface area (Å²) in [6, 6.07) is 29.2. The highest BCUT2D eigenvalue weighted by Crippen LogP contribution is 2.36. The molecule has 4 aromatic carbocycles. The molecule has 200 valence electrons. The van der Waals surface area contributed by atoms with Gasteiger partial charge in [0.25, 0.3) is 0 Å². The van der Waals surface area contributed by atoms with Crippen molar-refractivity contribution in [2.45, 2.75) is 55.6 Å². The van der Waals surface area contributed by atoms with E-state index < -0.39 is 22.0 Å². The Labute approximate surface area is 230 Å². The second-order valence-electron chi connectivity index (χ2n) is 10.2.